The minimum absolute atomic E-state index is 0.0170. The molecule has 17 heavy (non-hydrogen) atoms. The van der Waals surface area contributed by atoms with E-state index < -0.39 is 0 Å². The lowest BCUT2D eigenvalue weighted by Crippen LogP contribution is -2.44. The van der Waals surface area contributed by atoms with E-state index in [1.54, 1.807) is 17.5 Å². The van der Waals surface area contributed by atoms with Gasteiger partial charge < -0.3 is 11.1 Å². The lowest BCUT2D eigenvalue weighted by Gasteiger charge is -2.28. The molecule has 0 aromatic carbocycles. The molecule has 3 atom stereocenters. The molecule has 0 aliphatic heterocycles. The highest BCUT2D eigenvalue weighted by Gasteiger charge is 2.29. The Balaban J connectivity index is 1.92. The molecule has 1 heterocycles. The van der Waals surface area contributed by atoms with Gasteiger partial charge in [0.1, 0.15) is 5.01 Å². The maximum absolute atomic E-state index is 12.1. The Hall–Kier alpha value is -0.940. The van der Waals surface area contributed by atoms with Crippen molar-refractivity contribution in [3.8, 4) is 0 Å². The second kappa shape index (κ2) is 5.60. The van der Waals surface area contributed by atoms with Crippen molar-refractivity contribution in [2.75, 3.05) is 0 Å². The Labute approximate surface area is 106 Å². The number of carbonyl (C=O) groups is 1. The second-order valence-electron chi connectivity index (χ2n) is 4.66. The van der Waals surface area contributed by atoms with Crippen LogP contribution < -0.4 is 11.1 Å². The summed E-state index contributed by atoms with van der Waals surface area (Å²) in [7, 11) is 0. The van der Waals surface area contributed by atoms with Gasteiger partial charge in [-0.25, -0.2) is 4.98 Å². The first-order valence-electron chi connectivity index (χ1n) is 6.14. The van der Waals surface area contributed by atoms with Crippen LogP contribution in [0.15, 0.2) is 11.6 Å². The molecule has 1 aliphatic carbocycles. The number of hydrogen-bond donors (Lipinski definition) is 2. The summed E-state index contributed by atoms with van der Waals surface area (Å²) >= 11 is 1.56. The fourth-order valence-electron chi connectivity index (χ4n) is 2.32. The van der Waals surface area contributed by atoms with Crippen LogP contribution in [0.2, 0.25) is 0 Å². The molecule has 3 N–H and O–H groups in total. The molecule has 0 spiro atoms. The van der Waals surface area contributed by atoms with Gasteiger partial charge in [-0.15, -0.1) is 11.3 Å². The summed E-state index contributed by atoms with van der Waals surface area (Å²) in [5.74, 6) is 0.0612. The third kappa shape index (κ3) is 3.04. The molecule has 1 aromatic heterocycles. The smallest absolute Gasteiger partial charge is 0.225 e. The standard InChI is InChI=1S/C12H19N3OS/c1-8(12-14-6-7-17-12)15-11(16)9-4-2-3-5-10(9)13/h6-10H,2-5,13H2,1H3,(H,15,16). The largest absolute Gasteiger partial charge is 0.347 e. The molecule has 94 valence electrons. The van der Waals surface area contributed by atoms with Gasteiger partial charge in [0.2, 0.25) is 5.91 Å². The molecule has 2 rings (SSSR count). The monoisotopic (exact) mass is 253 g/mol. The number of rotatable bonds is 3. The summed E-state index contributed by atoms with van der Waals surface area (Å²) in [6, 6.07) is 0.00358. The molecule has 3 unspecified atom stereocenters. The molecule has 1 saturated carbocycles. The van der Waals surface area contributed by atoms with Crippen LogP contribution in [0.4, 0.5) is 0 Å². The highest BCUT2D eigenvalue weighted by atomic mass is 32.1. The summed E-state index contributed by atoms with van der Waals surface area (Å²) in [5.41, 5.74) is 6.00. The fourth-order valence-corrected chi connectivity index (χ4v) is 2.96. The van der Waals surface area contributed by atoms with Gasteiger partial charge in [-0.3, -0.25) is 4.79 Å². The predicted molar refractivity (Wildman–Crippen MR) is 68.6 cm³/mol. The van der Waals surface area contributed by atoms with Crippen LogP contribution in [0.25, 0.3) is 0 Å². The number of carbonyl (C=O) groups excluding carboxylic acids is 1. The average molecular weight is 253 g/mol. The summed E-state index contributed by atoms with van der Waals surface area (Å²) in [6.07, 6.45) is 5.89. The van der Waals surface area contributed by atoms with Gasteiger partial charge in [0.25, 0.3) is 0 Å². The third-order valence-corrected chi connectivity index (χ3v) is 4.30. The van der Waals surface area contributed by atoms with Crippen molar-refractivity contribution in [1.82, 2.24) is 10.3 Å². The van der Waals surface area contributed by atoms with Gasteiger partial charge in [-0.2, -0.15) is 0 Å². The molecule has 0 radical (unpaired) electrons. The van der Waals surface area contributed by atoms with Crippen molar-refractivity contribution < 1.29 is 4.79 Å². The van der Waals surface area contributed by atoms with Crippen molar-refractivity contribution in [1.29, 1.82) is 0 Å². The summed E-state index contributed by atoms with van der Waals surface area (Å²) in [5, 5.41) is 5.88. The van der Waals surface area contributed by atoms with Gasteiger partial charge in [0, 0.05) is 17.6 Å². The van der Waals surface area contributed by atoms with Gasteiger partial charge >= 0.3 is 0 Å². The lowest BCUT2D eigenvalue weighted by atomic mass is 9.84. The van der Waals surface area contributed by atoms with Crippen molar-refractivity contribution in [2.45, 2.75) is 44.7 Å². The summed E-state index contributed by atoms with van der Waals surface area (Å²) in [4.78, 5) is 16.3. The van der Waals surface area contributed by atoms with Crippen molar-refractivity contribution >= 4 is 17.2 Å². The first kappa shape index (κ1) is 12.5. The molecule has 1 aromatic rings. The topological polar surface area (TPSA) is 68.0 Å². The zero-order chi connectivity index (χ0) is 12.3. The maximum atomic E-state index is 12.1. The molecule has 4 nitrogen and oxygen atoms in total. The number of nitrogens with two attached hydrogens (primary N) is 1. The number of hydrogen-bond acceptors (Lipinski definition) is 4. The number of thiazole rings is 1. The molecular weight excluding hydrogens is 234 g/mol. The fraction of sp³-hybridized carbons (Fsp3) is 0.667. The van der Waals surface area contributed by atoms with Crippen molar-refractivity contribution in [3.63, 3.8) is 0 Å². The Bertz CT molecular complexity index is 366. The van der Waals surface area contributed by atoms with E-state index in [0.717, 1.165) is 30.7 Å². The van der Waals surface area contributed by atoms with Crippen molar-refractivity contribution in [2.24, 2.45) is 11.7 Å². The van der Waals surface area contributed by atoms with E-state index in [-0.39, 0.29) is 23.9 Å². The zero-order valence-electron chi connectivity index (χ0n) is 10.1. The molecule has 1 aliphatic rings. The molecule has 0 bridgehead atoms. The molecule has 1 amide bonds. The predicted octanol–water partition coefficient (Wildman–Crippen LogP) is 1.84. The van der Waals surface area contributed by atoms with Gasteiger partial charge in [-0.1, -0.05) is 12.8 Å². The van der Waals surface area contributed by atoms with E-state index in [4.69, 9.17) is 5.73 Å². The minimum atomic E-state index is -0.0221. The van der Waals surface area contributed by atoms with Gasteiger partial charge in [0.15, 0.2) is 0 Å². The molecular formula is C12H19N3OS. The van der Waals surface area contributed by atoms with Crippen LogP contribution in [0, 0.1) is 5.92 Å². The van der Waals surface area contributed by atoms with Crippen LogP contribution in [-0.2, 0) is 4.79 Å². The first-order valence-corrected chi connectivity index (χ1v) is 7.02. The average Bonchev–Trinajstić information content (AvgIpc) is 2.82. The van der Waals surface area contributed by atoms with Crippen LogP contribution in [0.5, 0.6) is 0 Å². The number of nitrogens with zero attached hydrogens (tertiary/aromatic N) is 1. The first-order chi connectivity index (χ1) is 8.18. The molecule has 5 heteroatoms. The van der Waals surface area contributed by atoms with Crippen LogP contribution in [0.1, 0.15) is 43.7 Å². The van der Waals surface area contributed by atoms with E-state index in [2.05, 4.69) is 10.3 Å². The normalized spacial score (nSPS) is 26.5. The number of aromatic nitrogens is 1. The van der Waals surface area contributed by atoms with Crippen LogP contribution >= 0.6 is 11.3 Å². The Morgan fingerprint density at radius 3 is 3.00 bits per heavy atom. The van der Waals surface area contributed by atoms with Gasteiger partial charge in [0.05, 0.1) is 12.0 Å². The van der Waals surface area contributed by atoms with E-state index in [0.29, 0.717) is 0 Å². The number of nitrogens with one attached hydrogen (secondary N) is 1. The Morgan fingerprint density at radius 2 is 2.35 bits per heavy atom. The van der Waals surface area contributed by atoms with E-state index in [1.165, 1.54) is 0 Å². The highest BCUT2D eigenvalue weighted by Crippen LogP contribution is 2.24. The zero-order valence-corrected chi connectivity index (χ0v) is 10.9. The van der Waals surface area contributed by atoms with Gasteiger partial charge in [-0.05, 0) is 19.8 Å². The second-order valence-corrected chi connectivity index (χ2v) is 5.58. The van der Waals surface area contributed by atoms with E-state index in [9.17, 15) is 4.79 Å². The van der Waals surface area contributed by atoms with Crippen molar-refractivity contribution in [3.05, 3.63) is 16.6 Å². The summed E-state index contributed by atoms with van der Waals surface area (Å²) in [6.45, 7) is 1.96. The van der Waals surface area contributed by atoms with E-state index in [1.807, 2.05) is 12.3 Å². The quantitative estimate of drug-likeness (QED) is 0.863. The minimum Gasteiger partial charge on any atom is -0.347 e. The van der Waals surface area contributed by atoms with Crippen LogP contribution in [0.3, 0.4) is 0 Å². The lowest BCUT2D eigenvalue weighted by molar-refractivity contribution is -0.127. The summed E-state index contributed by atoms with van der Waals surface area (Å²) < 4.78 is 0. The number of amides is 1. The SMILES string of the molecule is CC(NC(=O)C1CCCCC1N)c1nccs1. The molecule has 1 fully saturated rings. The third-order valence-electron chi connectivity index (χ3n) is 3.34. The maximum Gasteiger partial charge on any atom is 0.225 e. The highest BCUT2D eigenvalue weighted by molar-refractivity contribution is 7.09. The van der Waals surface area contributed by atoms with Crippen LogP contribution in [-0.4, -0.2) is 16.9 Å². The van der Waals surface area contributed by atoms with E-state index >= 15 is 0 Å². The molecule has 0 saturated heterocycles. The Morgan fingerprint density at radius 1 is 1.59 bits per heavy atom. The Kier molecular flexibility index (Phi) is 4.12.